The van der Waals surface area contributed by atoms with Gasteiger partial charge in [-0.15, -0.1) is 0 Å². The van der Waals surface area contributed by atoms with E-state index in [4.69, 9.17) is 4.74 Å². The molecule has 2 amide bonds. The summed E-state index contributed by atoms with van der Waals surface area (Å²) < 4.78 is 5.71. The third-order valence-electron chi connectivity index (χ3n) is 4.54. The lowest BCUT2D eigenvalue weighted by atomic mass is 10.0. The zero-order valence-corrected chi connectivity index (χ0v) is 17.2. The molecule has 0 fully saturated rings. The van der Waals surface area contributed by atoms with Crippen LogP contribution < -0.4 is 15.4 Å². The molecule has 0 radical (unpaired) electrons. The normalized spacial score (nSPS) is 10.5. The quantitative estimate of drug-likeness (QED) is 0.557. The fraction of sp³-hybridized carbons (Fsp3) is 0.200. The maximum Gasteiger partial charge on any atom is 0.262 e. The van der Waals surface area contributed by atoms with Crippen LogP contribution in [0, 0.1) is 0 Å². The first kappa shape index (κ1) is 21.1. The zero-order chi connectivity index (χ0) is 21.3. The highest BCUT2D eigenvalue weighted by molar-refractivity contribution is 5.95. The summed E-state index contributed by atoms with van der Waals surface area (Å²) in [5.41, 5.74) is 3.23. The van der Waals surface area contributed by atoms with E-state index in [9.17, 15) is 9.59 Å². The number of nitrogens with one attached hydrogen (secondary N) is 2. The van der Waals surface area contributed by atoms with Crippen molar-refractivity contribution >= 4 is 23.2 Å². The van der Waals surface area contributed by atoms with Crippen molar-refractivity contribution in [2.24, 2.45) is 0 Å². The van der Waals surface area contributed by atoms with E-state index in [2.05, 4.69) is 24.5 Å². The van der Waals surface area contributed by atoms with Crippen molar-refractivity contribution in [3.05, 3.63) is 90.0 Å². The van der Waals surface area contributed by atoms with E-state index >= 15 is 0 Å². The van der Waals surface area contributed by atoms with Gasteiger partial charge in [-0.25, -0.2) is 0 Å². The monoisotopic (exact) mass is 402 g/mol. The molecule has 0 spiro atoms. The van der Waals surface area contributed by atoms with Crippen molar-refractivity contribution in [2.45, 2.75) is 26.2 Å². The van der Waals surface area contributed by atoms with Crippen LogP contribution in [0.2, 0.25) is 0 Å². The molecule has 0 aliphatic rings. The van der Waals surface area contributed by atoms with E-state index in [1.54, 1.807) is 24.3 Å². The number of ether oxygens (including phenoxy) is 1. The molecule has 3 aromatic rings. The maximum atomic E-state index is 12.3. The summed E-state index contributed by atoms with van der Waals surface area (Å²) in [6.45, 7) is 4.08. The van der Waals surface area contributed by atoms with Crippen LogP contribution >= 0.6 is 0 Å². The molecule has 0 unspecified atom stereocenters. The van der Waals surface area contributed by atoms with Crippen LogP contribution in [0.4, 0.5) is 11.4 Å². The molecule has 5 nitrogen and oxygen atoms in total. The van der Waals surface area contributed by atoms with Gasteiger partial charge in [-0.05, 0) is 41.3 Å². The average Bonchev–Trinajstić information content (AvgIpc) is 2.73. The van der Waals surface area contributed by atoms with Crippen molar-refractivity contribution in [1.82, 2.24) is 0 Å². The first-order valence-corrected chi connectivity index (χ1v) is 9.96. The third-order valence-corrected chi connectivity index (χ3v) is 4.54. The summed E-state index contributed by atoms with van der Waals surface area (Å²) in [7, 11) is 0. The van der Waals surface area contributed by atoms with Crippen molar-refractivity contribution in [1.29, 1.82) is 0 Å². The summed E-state index contributed by atoms with van der Waals surface area (Å²) >= 11 is 0. The molecular formula is C25H26N2O3. The summed E-state index contributed by atoms with van der Waals surface area (Å²) in [5, 5.41) is 5.67. The van der Waals surface area contributed by atoms with Crippen LogP contribution in [0.25, 0.3) is 0 Å². The van der Waals surface area contributed by atoms with E-state index in [0.717, 1.165) is 11.1 Å². The number of hydrogen-bond acceptors (Lipinski definition) is 3. The van der Waals surface area contributed by atoms with Gasteiger partial charge in [0.2, 0.25) is 5.91 Å². The number of hydrogen-bond donors (Lipinski definition) is 2. The summed E-state index contributed by atoms with van der Waals surface area (Å²) in [6.07, 6.45) is 0.292. The predicted molar refractivity (Wildman–Crippen MR) is 120 cm³/mol. The van der Waals surface area contributed by atoms with Gasteiger partial charge in [0.15, 0.2) is 6.61 Å². The van der Waals surface area contributed by atoms with Gasteiger partial charge in [0.1, 0.15) is 5.75 Å². The Labute approximate surface area is 177 Å². The smallest absolute Gasteiger partial charge is 0.262 e. The Hall–Kier alpha value is -3.60. The van der Waals surface area contributed by atoms with Gasteiger partial charge in [0, 0.05) is 11.4 Å². The lowest BCUT2D eigenvalue weighted by Gasteiger charge is -2.14. The largest absolute Gasteiger partial charge is 0.483 e. The molecule has 0 atom stereocenters. The number of para-hydroxylation sites is 1. The maximum absolute atomic E-state index is 12.3. The van der Waals surface area contributed by atoms with Gasteiger partial charge >= 0.3 is 0 Å². The van der Waals surface area contributed by atoms with Crippen LogP contribution in [-0.2, 0) is 16.0 Å². The van der Waals surface area contributed by atoms with E-state index in [1.807, 2.05) is 54.6 Å². The summed E-state index contributed by atoms with van der Waals surface area (Å²) in [4.78, 5) is 24.6. The number of rotatable bonds is 8. The second kappa shape index (κ2) is 10.3. The molecule has 3 aromatic carbocycles. The first-order valence-electron chi connectivity index (χ1n) is 9.96. The molecule has 0 aliphatic carbocycles. The Morgan fingerprint density at radius 2 is 1.43 bits per heavy atom. The van der Waals surface area contributed by atoms with Crippen LogP contribution in [0.1, 0.15) is 30.9 Å². The Bertz CT molecular complexity index is 1000. The Kier molecular flexibility index (Phi) is 7.22. The van der Waals surface area contributed by atoms with Crippen molar-refractivity contribution in [3.8, 4) is 5.75 Å². The number of anilines is 2. The average molecular weight is 402 g/mol. The minimum Gasteiger partial charge on any atom is -0.483 e. The number of carbonyl (C=O) groups is 2. The third kappa shape index (κ3) is 6.21. The second-order valence-electron chi connectivity index (χ2n) is 7.32. The SMILES string of the molecule is CC(C)c1ccccc1OCC(=O)Nc1cccc(NC(=O)Cc2ccccc2)c1. The summed E-state index contributed by atoms with van der Waals surface area (Å²) in [6, 6.07) is 24.3. The lowest BCUT2D eigenvalue weighted by molar-refractivity contribution is -0.118. The molecule has 154 valence electrons. The lowest BCUT2D eigenvalue weighted by Crippen LogP contribution is -2.21. The van der Waals surface area contributed by atoms with Gasteiger partial charge < -0.3 is 15.4 Å². The van der Waals surface area contributed by atoms with Crippen LogP contribution in [0.3, 0.4) is 0 Å². The van der Waals surface area contributed by atoms with Crippen molar-refractivity contribution in [2.75, 3.05) is 17.2 Å². The van der Waals surface area contributed by atoms with Gasteiger partial charge in [-0.2, -0.15) is 0 Å². The molecule has 30 heavy (non-hydrogen) atoms. The molecule has 0 bridgehead atoms. The predicted octanol–water partition coefficient (Wildman–Crippen LogP) is 5.01. The molecule has 0 heterocycles. The minimum absolute atomic E-state index is 0.0890. The Balaban J connectivity index is 1.54. The van der Waals surface area contributed by atoms with Crippen LogP contribution in [0.15, 0.2) is 78.9 Å². The summed E-state index contributed by atoms with van der Waals surface area (Å²) in [5.74, 6) is 0.643. The number of amides is 2. The molecule has 2 N–H and O–H groups in total. The molecule has 0 saturated heterocycles. The highest BCUT2D eigenvalue weighted by Gasteiger charge is 2.10. The molecular weight excluding hydrogens is 376 g/mol. The van der Waals surface area contributed by atoms with Crippen molar-refractivity contribution < 1.29 is 14.3 Å². The van der Waals surface area contributed by atoms with Gasteiger partial charge in [0.25, 0.3) is 5.91 Å². The fourth-order valence-electron chi connectivity index (χ4n) is 3.09. The molecule has 5 heteroatoms. The van der Waals surface area contributed by atoms with Crippen LogP contribution in [0.5, 0.6) is 5.75 Å². The van der Waals surface area contributed by atoms with E-state index < -0.39 is 0 Å². The number of benzene rings is 3. The van der Waals surface area contributed by atoms with E-state index in [-0.39, 0.29) is 18.4 Å². The minimum atomic E-state index is -0.263. The Morgan fingerprint density at radius 1 is 0.800 bits per heavy atom. The topological polar surface area (TPSA) is 67.4 Å². The van der Waals surface area contributed by atoms with E-state index in [1.165, 1.54) is 0 Å². The second-order valence-corrected chi connectivity index (χ2v) is 7.32. The van der Waals surface area contributed by atoms with Crippen LogP contribution in [-0.4, -0.2) is 18.4 Å². The number of carbonyl (C=O) groups excluding carboxylic acids is 2. The highest BCUT2D eigenvalue weighted by Crippen LogP contribution is 2.25. The standard InChI is InChI=1S/C25H26N2O3/c1-18(2)22-13-6-7-14-23(22)30-17-25(29)27-21-12-8-11-20(16-21)26-24(28)15-19-9-4-3-5-10-19/h3-14,16,18H,15,17H2,1-2H3,(H,26,28)(H,27,29). The Morgan fingerprint density at radius 3 is 2.13 bits per heavy atom. The van der Waals surface area contributed by atoms with Gasteiger partial charge in [0.05, 0.1) is 6.42 Å². The molecule has 0 aromatic heterocycles. The fourth-order valence-corrected chi connectivity index (χ4v) is 3.09. The molecule has 3 rings (SSSR count). The zero-order valence-electron chi connectivity index (χ0n) is 17.2. The van der Waals surface area contributed by atoms with Crippen molar-refractivity contribution in [3.63, 3.8) is 0 Å². The van der Waals surface area contributed by atoms with E-state index in [0.29, 0.717) is 29.5 Å². The molecule has 0 aliphatic heterocycles. The highest BCUT2D eigenvalue weighted by atomic mass is 16.5. The van der Waals surface area contributed by atoms with Gasteiger partial charge in [-0.1, -0.05) is 68.4 Å². The first-order chi connectivity index (χ1) is 14.5. The van der Waals surface area contributed by atoms with Gasteiger partial charge in [-0.3, -0.25) is 9.59 Å². The molecule has 0 saturated carbocycles.